The molecule has 3 aromatic rings. The summed E-state index contributed by atoms with van der Waals surface area (Å²) in [6, 6.07) is 16.1. The van der Waals surface area contributed by atoms with E-state index in [0.717, 1.165) is 61.1 Å². The molecular weight excluding hydrogens is 466 g/mol. The molecule has 2 heterocycles. The van der Waals surface area contributed by atoms with Crippen LogP contribution in [0.1, 0.15) is 86.2 Å². The van der Waals surface area contributed by atoms with Crippen molar-refractivity contribution < 1.29 is 19.2 Å². The monoisotopic (exact) mass is 501 g/mol. The lowest BCUT2D eigenvalue weighted by atomic mass is 9.96. The first-order valence-corrected chi connectivity index (χ1v) is 12.9. The molecule has 1 fully saturated rings. The number of piperidine rings is 1. The molecule has 1 aliphatic heterocycles. The Labute approximate surface area is 218 Å². The largest absolute Gasteiger partial charge is 0.489 e. The van der Waals surface area contributed by atoms with Crippen molar-refractivity contribution in [3.8, 4) is 17.6 Å². The average Bonchev–Trinajstić information content (AvgIpc) is 3.40. The zero-order valence-electron chi connectivity index (χ0n) is 21.8. The Hall–Kier alpha value is -3.63. The molecule has 0 aliphatic carbocycles. The van der Waals surface area contributed by atoms with Crippen molar-refractivity contribution in [1.29, 1.82) is 0 Å². The minimum absolute atomic E-state index is 0.0107. The maximum atomic E-state index is 11.1. The Morgan fingerprint density at radius 3 is 2.38 bits per heavy atom. The SMILES string of the molecule is CC#C[C@H](CC(=O)O)c1ccc(OCc2ccc(CN3CCC(c4nc(C(C)C)no4)CC3)cc2)cc1. The first-order chi connectivity index (χ1) is 17.9. The molecule has 7 heteroatoms. The van der Waals surface area contributed by atoms with Crippen molar-refractivity contribution in [2.45, 2.75) is 70.9 Å². The van der Waals surface area contributed by atoms with Crippen LogP contribution in [-0.4, -0.2) is 39.2 Å². The number of hydrogen-bond acceptors (Lipinski definition) is 6. The Balaban J connectivity index is 1.23. The lowest BCUT2D eigenvalue weighted by Gasteiger charge is -2.30. The quantitative estimate of drug-likeness (QED) is 0.355. The highest BCUT2D eigenvalue weighted by atomic mass is 16.5. The van der Waals surface area contributed by atoms with Crippen LogP contribution in [0.25, 0.3) is 0 Å². The third-order valence-electron chi connectivity index (χ3n) is 6.73. The average molecular weight is 502 g/mol. The van der Waals surface area contributed by atoms with E-state index in [-0.39, 0.29) is 18.3 Å². The first kappa shape index (κ1) is 26.4. The summed E-state index contributed by atoms with van der Waals surface area (Å²) in [6.07, 6.45) is 2.06. The van der Waals surface area contributed by atoms with Crippen LogP contribution in [0.2, 0.25) is 0 Å². The van der Waals surface area contributed by atoms with Gasteiger partial charge in [-0.3, -0.25) is 9.69 Å². The number of carbonyl (C=O) groups is 1. The number of hydrogen-bond donors (Lipinski definition) is 1. The highest BCUT2D eigenvalue weighted by Gasteiger charge is 2.25. The summed E-state index contributed by atoms with van der Waals surface area (Å²) in [5.41, 5.74) is 3.27. The summed E-state index contributed by atoms with van der Waals surface area (Å²) in [7, 11) is 0. The molecule has 4 rings (SSSR count). The molecule has 0 bridgehead atoms. The van der Waals surface area contributed by atoms with Crippen molar-refractivity contribution in [3.63, 3.8) is 0 Å². The maximum absolute atomic E-state index is 11.1. The van der Waals surface area contributed by atoms with Crippen molar-refractivity contribution in [3.05, 3.63) is 76.9 Å². The summed E-state index contributed by atoms with van der Waals surface area (Å²) in [4.78, 5) is 18.2. The number of carboxylic acids is 1. The van der Waals surface area contributed by atoms with Gasteiger partial charge in [-0.05, 0) is 61.7 Å². The van der Waals surface area contributed by atoms with Crippen LogP contribution < -0.4 is 4.74 Å². The summed E-state index contributed by atoms with van der Waals surface area (Å²) < 4.78 is 11.5. The molecule has 1 aromatic heterocycles. The number of aliphatic carboxylic acids is 1. The van der Waals surface area contributed by atoms with Gasteiger partial charge in [0, 0.05) is 18.4 Å². The number of rotatable bonds is 10. The zero-order chi connectivity index (χ0) is 26.2. The van der Waals surface area contributed by atoms with Crippen LogP contribution in [0.5, 0.6) is 5.75 Å². The zero-order valence-corrected chi connectivity index (χ0v) is 21.8. The number of nitrogens with zero attached hydrogens (tertiary/aromatic N) is 3. The number of carboxylic acid groups (broad SMARTS) is 1. The molecule has 1 atom stereocenters. The smallest absolute Gasteiger partial charge is 0.304 e. The Morgan fingerprint density at radius 1 is 1.11 bits per heavy atom. The number of ether oxygens (including phenoxy) is 1. The van der Waals surface area contributed by atoms with E-state index in [4.69, 9.17) is 14.4 Å². The molecule has 37 heavy (non-hydrogen) atoms. The van der Waals surface area contributed by atoms with Gasteiger partial charge in [0.05, 0.1) is 12.3 Å². The summed E-state index contributed by atoms with van der Waals surface area (Å²) in [5.74, 6) is 7.59. The predicted molar refractivity (Wildman–Crippen MR) is 141 cm³/mol. The molecule has 0 unspecified atom stereocenters. The molecular formula is C30H35N3O4. The van der Waals surface area contributed by atoms with E-state index in [0.29, 0.717) is 12.5 Å². The van der Waals surface area contributed by atoms with Crippen LogP contribution in [0.15, 0.2) is 53.1 Å². The van der Waals surface area contributed by atoms with Gasteiger partial charge in [-0.25, -0.2) is 0 Å². The molecule has 0 radical (unpaired) electrons. The molecule has 7 nitrogen and oxygen atoms in total. The van der Waals surface area contributed by atoms with Crippen LogP contribution in [0.4, 0.5) is 0 Å². The fraction of sp³-hybridized carbons (Fsp3) is 0.433. The molecule has 1 saturated heterocycles. The molecule has 194 valence electrons. The van der Waals surface area contributed by atoms with E-state index in [1.807, 2.05) is 24.3 Å². The van der Waals surface area contributed by atoms with E-state index in [2.05, 4.69) is 65.0 Å². The van der Waals surface area contributed by atoms with Crippen LogP contribution in [-0.2, 0) is 17.9 Å². The second-order valence-corrected chi connectivity index (χ2v) is 9.91. The Morgan fingerprint density at radius 2 is 1.78 bits per heavy atom. The van der Waals surface area contributed by atoms with Gasteiger partial charge in [0.15, 0.2) is 5.82 Å². The fourth-order valence-electron chi connectivity index (χ4n) is 4.55. The van der Waals surface area contributed by atoms with Gasteiger partial charge in [-0.2, -0.15) is 4.98 Å². The van der Waals surface area contributed by atoms with Gasteiger partial charge in [-0.15, -0.1) is 5.92 Å². The van der Waals surface area contributed by atoms with E-state index in [9.17, 15) is 4.79 Å². The fourth-order valence-corrected chi connectivity index (χ4v) is 4.55. The molecule has 2 aromatic carbocycles. The normalized spacial score (nSPS) is 15.2. The van der Waals surface area contributed by atoms with E-state index >= 15 is 0 Å². The van der Waals surface area contributed by atoms with Gasteiger partial charge in [0.1, 0.15) is 12.4 Å². The number of benzene rings is 2. The van der Waals surface area contributed by atoms with Gasteiger partial charge >= 0.3 is 5.97 Å². The lowest BCUT2D eigenvalue weighted by molar-refractivity contribution is -0.137. The second kappa shape index (κ2) is 12.6. The standard InChI is InChI=1S/C30H35N3O4/c1-4-5-26(18-28(34)35)24-10-12-27(13-11-24)36-20-23-8-6-22(7-9-23)19-33-16-14-25(15-17-33)30-31-29(21(2)3)32-37-30/h6-13,21,25-26H,14-20H2,1-3H3,(H,34,35)/t26-/m1/s1. The van der Waals surface area contributed by atoms with Crippen molar-refractivity contribution >= 4 is 5.97 Å². The third-order valence-corrected chi connectivity index (χ3v) is 6.73. The summed E-state index contributed by atoms with van der Waals surface area (Å²) >= 11 is 0. The van der Waals surface area contributed by atoms with Gasteiger partial charge in [0.25, 0.3) is 0 Å². The summed E-state index contributed by atoms with van der Waals surface area (Å²) in [5, 5.41) is 13.2. The minimum atomic E-state index is -0.857. The van der Waals surface area contributed by atoms with Crippen molar-refractivity contribution in [1.82, 2.24) is 15.0 Å². The second-order valence-electron chi connectivity index (χ2n) is 9.91. The minimum Gasteiger partial charge on any atom is -0.489 e. The maximum Gasteiger partial charge on any atom is 0.304 e. The van der Waals surface area contributed by atoms with Crippen LogP contribution >= 0.6 is 0 Å². The van der Waals surface area contributed by atoms with Gasteiger partial charge < -0.3 is 14.4 Å². The molecule has 0 spiro atoms. The predicted octanol–water partition coefficient (Wildman–Crippen LogP) is 5.73. The Kier molecular flexibility index (Phi) is 8.97. The number of likely N-dealkylation sites (tertiary alicyclic amines) is 1. The lowest BCUT2D eigenvalue weighted by Crippen LogP contribution is -2.32. The van der Waals surface area contributed by atoms with E-state index < -0.39 is 5.97 Å². The van der Waals surface area contributed by atoms with Crippen LogP contribution in [0.3, 0.4) is 0 Å². The van der Waals surface area contributed by atoms with Crippen molar-refractivity contribution in [2.24, 2.45) is 0 Å². The first-order valence-electron chi connectivity index (χ1n) is 12.9. The Bertz CT molecular complexity index is 1210. The third kappa shape index (κ3) is 7.43. The van der Waals surface area contributed by atoms with Gasteiger partial charge in [-0.1, -0.05) is 61.3 Å². The molecule has 1 aliphatic rings. The van der Waals surface area contributed by atoms with E-state index in [1.165, 1.54) is 5.56 Å². The van der Waals surface area contributed by atoms with Gasteiger partial charge in [0.2, 0.25) is 5.89 Å². The van der Waals surface area contributed by atoms with Crippen LogP contribution in [0, 0.1) is 11.8 Å². The molecule has 1 N–H and O–H groups in total. The van der Waals surface area contributed by atoms with E-state index in [1.54, 1.807) is 6.92 Å². The highest BCUT2D eigenvalue weighted by Crippen LogP contribution is 2.28. The topological polar surface area (TPSA) is 88.7 Å². The summed E-state index contributed by atoms with van der Waals surface area (Å²) in [6.45, 7) is 9.31. The van der Waals surface area contributed by atoms with Crippen molar-refractivity contribution in [2.75, 3.05) is 13.1 Å². The molecule has 0 saturated carbocycles. The number of aromatic nitrogens is 2. The molecule has 0 amide bonds. The highest BCUT2D eigenvalue weighted by molar-refractivity contribution is 5.69.